The van der Waals surface area contributed by atoms with Crippen molar-refractivity contribution in [3.05, 3.63) is 59.2 Å². The van der Waals surface area contributed by atoms with E-state index in [2.05, 4.69) is 0 Å². The third-order valence-electron chi connectivity index (χ3n) is 3.03. The van der Waals surface area contributed by atoms with Crippen molar-refractivity contribution in [2.75, 3.05) is 0 Å². The zero-order valence-corrected chi connectivity index (χ0v) is 12.5. The van der Waals surface area contributed by atoms with Crippen molar-refractivity contribution >= 4 is 17.2 Å². The van der Waals surface area contributed by atoms with Gasteiger partial charge in [-0.2, -0.15) is 0 Å². The van der Waals surface area contributed by atoms with E-state index in [0.717, 1.165) is 17.7 Å². The quantitative estimate of drug-likeness (QED) is 0.844. The number of ether oxygens (including phenoxy) is 1. The summed E-state index contributed by atoms with van der Waals surface area (Å²) in [6.07, 6.45) is 0. The van der Waals surface area contributed by atoms with Crippen LogP contribution in [-0.4, -0.2) is 4.99 Å². The van der Waals surface area contributed by atoms with Crippen molar-refractivity contribution in [3.8, 4) is 11.5 Å². The average Bonchev–Trinajstić information content (AvgIpc) is 2.42. The van der Waals surface area contributed by atoms with E-state index in [4.69, 9.17) is 22.7 Å². The van der Waals surface area contributed by atoms with E-state index in [1.165, 1.54) is 0 Å². The first-order chi connectivity index (χ1) is 9.88. The summed E-state index contributed by atoms with van der Waals surface area (Å²) >= 11 is 4.70. The molecule has 0 unspecified atom stereocenters. The summed E-state index contributed by atoms with van der Waals surface area (Å²) in [6, 6.07) is 9.24. The summed E-state index contributed by atoms with van der Waals surface area (Å²) in [7, 11) is 0. The number of thiocarbonyl (C=S) groups is 1. The minimum Gasteiger partial charge on any atom is -0.451 e. The van der Waals surface area contributed by atoms with Gasteiger partial charge < -0.3 is 10.5 Å². The molecule has 2 N–H and O–H groups in total. The average molecular weight is 307 g/mol. The van der Waals surface area contributed by atoms with Gasteiger partial charge in [0.25, 0.3) is 0 Å². The van der Waals surface area contributed by atoms with E-state index >= 15 is 0 Å². The Kier molecular flexibility index (Phi) is 4.53. The number of halogens is 2. The molecule has 2 aromatic carbocycles. The first kappa shape index (κ1) is 15.4. The highest BCUT2D eigenvalue weighted by atomic mass is 32.1. The maximum atomic E-state index is 13.9. The van der Waals surface area contributed by atoms with Gasteiger partial charge in [0.2, 0.25) is 0 Å². The summed E-state index contributed by atoms with van der Waals surface area (Å²) in [6.45, 7) is 4.05. The summed E-state index contributed by atoms with van der Waals surface area (Å²) in [5.74, 6) is -1.47. The molecular formula is C16H15F2NOS. The van der Waals surface area contributed by atoms with Crippen molar-refractivity contribution in [2.45, 2.75) is 19.8 Å². The lowest BCUT2D eigenvalue weighted by atomic mass is 10.0. The van der Waals surface area contributed by atoms with Gasteiger partial charge in [-0.15, -0.1) is 0 Å². The van der Waals surface area contributed by atoms with Gasteiger partial charge in [-0.25, -0.2) is 8.78 Å². The third kappa shape index (κ3) is 3.55. The Bertz CT molecular complexity index is 663. The van der Waals surface area contributed by atoms with Crippen LogP contribution in [0.3, 0.4) is 0 Å². The SMILES string of the molecule is CC(C)c1cccc(Oc2c(F)cc(C(N)=S)cc2F)c1. The van der Waals surface area contributed by atoms with Crippen molar-refractivity contribution < 1.29 is 13.5 Å². The largest absolute Gasteiger partial charge is 0.451 e. The van der Waals surface area contributed by atoms with Crippen LogP contribution in [0, 0.1) is 11.6 Å². The lowest BCUT2D eigenvalue weighted by molar-refractivity contribution is 0.407. The van der Waals surface area contributed by atoms with Gasteiger partial charge in [0, 0.05) is 5.56 Å². The molecule has 5 heteroatoms. The van der Waals surface area contributed by atoms with Gasteiger partial charge in [0.15, 0.2) is 17.4 Å². The van der Waals surface area contributed by atoms with E-state index in [0.29, 0.717) is 11.7 Å². The van der Waals surface area contributed by atoms with Crippen LogP contribution in [0.25, 0.3) is 0 Å². The van der Waals surface area contributed by atoms with Crippen LogP contribution >= 0.6 is 12.2 Å². The molecule has 2 aromatic rings. The molecule has 0 aliphatic rings. The number of rotatable bonds is 4. The van der Waals surface area contributed by atoms with Crippen LogP contribution in [0.4, 0.5) is 8.78 Å². The van der Waals surface area contributed by atoms with E-state index < -0.39 is 17.4 Å². The maximum absolute atomic E-state index is 13.9. The summed E-state index contributed by atoms with van der Waals surface area (Å²) in [5.41, 5.74) is 6.51. The molecule has 0 aliphatic carbocycles. The molecule has 0 atom stereocenters. The van der Waals surface area contributed by atoms with Crippen LogP contribution in [0.1, 0.15) is 30.9 Å². The predicted molar refractivity (Wildman–Crippen MR) is 82.9 cm³/mol. The van der Waals surface area contributed by atoms with Gasteiger partial charge >= 0.3 is 0 Å². The Hall–Kier alpha value is -2.01. The number of nitrogens with two attached hydrogens (primary N) is 1. The molecule has 0 amide bonds. The van der Waals surface area contributed by atoms with Crippen LogP contribution < -0.4 is 10.5 Å². The molecule has 0 saturated carbocycles. The van der Waals surface area contributed by atoms with Crippen LogP contribution in [0.5, 0.6) is 11.5 Å². The maximum Gasteiger partial charge on any atom is 0.198 e. The smallest absolute Gasteiger partial charge is 0.198 e. The number of benzene rings is 2. The summed E-state index contributed by atoms with van der Waals surface area (Å²) < 4.78 is 33.2. The first-order valence-corrected chi connectivity index (χ1v) is 6.86. The molecule has 0 spiro atoms. The molecule has 0 fully saturated rings. The summed E-state index contributed by atoms with van der Waals surface area (Å²) in [5, 5.41) is 0. The van der Waals surface area contributed by atoms with E-state index in [1.54, 1.807) is 18.2 Å². The fourth-order valence-electron chi connectivity index (χ4n) is 1.85. The molecular weight excluding hydrogens is 292 g/mol. The molecule has 0 aliphatic heterocycles. The number of hydrogen-bond acceptors (Lipinski definition) is 2. The van der Waals surface area contributed by atoms with Crippen LogP contribution in [0.15, 0.2) is 36.4 Å². The topological polar surface area (TPSA) is 35.2 Å². The second kappa shape index (κ2) is 6.18. The van der Waals surface area contributed by atoms with Crippen molar-refractivity contribution in [2.24, 2.45) is 5.73 Å². The fraction of sp³-hybridized carbons (Fsp3) is 0.188. The highest BCUT2D eigenvalue weighted by Crippen LogP contribution is 2.30. The first-order valence-electron chi connectivity index (χ1n) is 6.45. The second-order valence-electron chi connectivity index (χ2n) is 4.96. The Labute approximate surface area is 127 Å². The lowest BCUT2D eigenvalue weighted by Crippen LogP contribution is -2.10. The minimum absolute atomic E-state index is 0.0684. The van der Waals surface area contributed by atoms with Gasteiger partial charge in [-0.1, -0.05) is 38.2 Å². The van der Waals surface area contributed by atoms with Crippen molar-refractivity contribution in [3.63, 3.8) is 0 Å². The monoisotopic (exact) mass is 307 g/mol. The Morgan fingerprint density at radius 2 is 1.76 bits per heavy atom. The van der Waals surface area contributed by atoms with Gasteiger partial charge in [0.1, 0.15) is 10.7 Å². The predicted octanol–water partition coefficient (Wildman–Crippen LogP) is 4.51. The molecule has 0 aromatic heterocycles. The van der Waals surface area contributed by atoms with E-state index in [1.807, 2.05) is 19.9 Å². The molecule has 0 bridgehead atoms. The van der Waals surface area contributed by atoms with Gasteiger partial charge in [0.05, 0.1) is 0 Å². The van der Waals surface area contributed by atoms with Gasteiger partial charge in [-0.3, -0.25) is 0 Å². The molecule has 2 nitrogen and oxygen atoms in total. The molecule has 2 rings (SSSR count). The molecule has 0 saturated heterocycles. The van der Waals surface area contributed by atoms with Crippen LogP contribution in [-0.2, 0) is 0 Å². The summed E-state index contributed by atoms with van der Waals surface area (Å²) in [4.78, 5) is -0.0684. The van der Waals surface area contributed by atoms with Crippen molar-refractivity contribution in [1.82, 2.24) is 0 Å². The number of hydrogen-bond donors (Lipinski definition) is 1. The molecule has 21 heavy (non-hydrogen) atoms. The molecule has 0 radical (unpaired) electrons. The Balaban J connectivity index is 2.36. The minimum atomic E-state index is -0.840. The van der Waals surface area contributed by atoms with Crippen LogP contribution in [0.2, 0.25) is 0 Å². The van der Waals surface area contributed by atoms with E-state index in [9.17, 15) is 8.78 Å². The molecule has 0 heterocycles. The zero-order valence-electron chi connectivity index (χ0n) is 11.7. The Morgan fingerprint density at radius 3 is 2.29 bits per heavy atom. The van der Waals surface area contributed by atoms with Crippen molar-refractivity contribution in [1.29, 1.82) is 0 Å². The normalized spacial score (nSPS) is 10.7. The zero-order chi connectivity index (χ0) is 15.6. The highest BCUT2D eigenvalue weighted by Gasteiger charge is 2.15. The standard InChI is InChI=1S/C16H15F2NOS/c1-9(2)10-4-3-5-12(6-10)20-15-13(17)7-11(16(19)21)8-14(15)18/h3-9H,1-2H3,(H2,19,21). The van der Waals surface area contributed by atoms with E-state index in [-0.39, 0.29) is 10.6 Å². The third-order valence-corrected chi connectivity index (χ3v) is 3.26. The lowest BCUT2D eigenvalue weighted by Gasteiger charge is -2.11. The molecule has 110 valence electrons. The van der Waals surface area contributed by atoms with Gasteiger partial charge in [-0.05, 0) is 35.7 Å². The second-order valence-corrected chi connectivity index (χ2v) is 5.40. The highest BCUT2D eigenvalue weighted by molar-refractivity contribution is 7.80. The Morgan fingerprint density at radius 1 is 1.14 bits per heavy atom. The fourth-order valence-corrected chi connectivity index (χ4v) is 1.97.